The van der Waals surface area contributed by atoms with Crippen LogP contribution in [0.4, 0.5) is 21.7 Å². The Hall–Kier alpha value is -4.25. The third-order valence-electron chi connectivity index (χ3n) is 7.01. The van der Waals surface area contributed by atoms with Crippen molar-refractivity contribution in [2.75, 3.05) is 41.4 Å². The fourth-order valence-corrected chi connectivity index (χ4v) is 5.76. The van der Waals surface area contributed by atoms with E-state index in [1.807, 2.05) is 41.5 Å². The normalized spacial score (nSPS) is 16.4. The van der Waals surface area contributed by atoms with Crippen LogP contribution in [0.2, 0.25) is 0 Å². The lowest BCUT2D eigenvalue weighted by molar-refractivity contribution is -0.112. The topological polar surface area (TPSA) is 92.6 Å². The highest BCUT2D eigenvalue weighted by Gasteiger charge is 2.34. The Morgan fingerprint density at radius 1 is 1.16 bits per heavy atom. The van der Waals surface area contributed by atoms with Gasteiger partial charge in [-0.25, -0.2) is 14.4 Å². The second kappa shape index (κ2) is 9.56. The van der Waals surface area contributed by atoms with Crippen LogP contribution >= 0.6 is 11.3 Å². The Morgan fingerprint density at radius 2 is 1.97 bits per heavy atom. The summed E-state index contributed by atoms with van der Waals surface area (Å²) < 4.78 is 21.0. The van der Waals surface area contributed by atoms with Crippen molar-refractivity contribution >= 4 is 40.4 Å². The largest absolute Gasteiger partial charge is 0.489 e. The first-order valence-electron chi connectivity index (χ1n) is 12.2. The van der Waals surface area contributed by atoms with Crippen LogP contribution in [0.5, 0.6) is 5.75 Å². The number of hydrogen-bond donors (Lipinski definition) is 1. The van der Waals surface area contributed by atoms with Crippen LogP contribution in [0.3, 0.4) is 0 Å². The molecular weight excluding hydrogens is 507 g/mol. The van der Waals surface area contributed by atoms with Gasteiger partial charge in [0.15, 0.2) is 5.82 Å². The number of aryl methyl sites for hydroxylation is 1. The molecular formula is C27H25FN6O3S. The summed E-state index contributed by atoms with van der Waals surface area (Å²) in [6, 6.07) is 11.3. The number of halogens is 1. The summed E-state index contributed by atoms with van der Waals surface area (Å²) >= 11 is 1.53. The summed E-state index contributed by atoms with van der Waals surface area (Å²) in [5.74, 6) is -0.622. The first kappa shape index (κ1) is 24.1. The monoisotopic (exact) mass is 532 g/mol. The zero-order chi connectivity index (χ0) is 26.4. The van der Waals surface area contributed by atoms with E-state index in [1.165, 1.54) is 23.7 Å². The Labute approximate surface area is 222 Å². The van der Waals surface area contributed by atoms with Gasteiger partial charge in [-0.05, 0) is 36.6 Å². The number of anilines is 3. The number of carbonyl (C=O) groups excluding carboxylic acids is 2. The number of rotatable bonds is 5. The number of amides is 1. The molecule has 1 atom stereocenters. The molecule has 1 N–H and O–H groups in total. The lowest BCUT2D eigenvalue weighted by Gasteiger charge is -2.45. The van der Waals surface area contributed by atoms with E-state index in [0.717, 1.165) is 21.8 Å². The number of carbonyl (C=O) groups is 2. The van der Waals surface area contributed by atoms with Crippen molar-refractivity contribution < 1.29 is 18.7 Å². The molecule has 5 heterocycles. The lowest BCUT2D eigenvalue weighted by atomic mass is 10.1. The molecule has 6 rings (SSSR count). The second-order valence-corrected chi connectivity index (χ2v) is 10.3. The average Bonchev–Trinajstić information content (AvgIpc) is 3.56. The number of Topliss-reactive ketones (excluding diaryl/α,β-unsaturated/α-hetero) is 1. The first-order chi connectivity index (χ1) is 18.4. The van der Waals surface area contributed by atoms with E-state index >= 15 is 0 Å². The molecule has 0 saturated carbocycles. The molecule has 1 aromatic carbocycles. The summed E-state index contributed by atoms with van der Waals surface area (Å²) in [7, 11) is 1.79. The van der Waals surface area contributed by atoms with E-state index < -0.39 is 17.5 Å². The molecule has 1 saturated heterocycles. The van der Waals surface area contributed by atoms with E-state index in [0.29, 0.717) is 49.3 Å². The molecule has 11 heteroatoms. The maximum Gasteiger partial charge on any atom is 0.298 e. The third-order valence-corrected chi connectivity index (χ3v) is 7.91. The van der Waals surface area contributed by atoms with Gasteiger partial charge in [0.1, 0.15) is 18.1 Å². The number of ketones is 1. The number of piperazine rings is 1. The molecule has 0 unspecified atom stereocenters. The van der Waals surface area contributed by atoms with E-state index in [9.17, 15) is 14.0 Å². The van der Waals surface area contributed by atoms with Crippen molar-refractivity contribution in [2.45, 2.75) is 13.0 Å². The molecule has 3 aromatic heterocycles. The van der Waals surface area contributed by atoms with Crippen molar-refractivity contribution in [1.29, 1.82) is 0 Å². The third kappa shape index (κ3) is 4.28. The molecule has 1 fully saturated rings. The zero-order valence-corrected chi connectivity index (χ0v) is 21.7. The molecule has 38 heavy (non-hydrogen) atoms. The Kier molecular flexibility index (Phi) is 6.07. The van der Waals surface area contributed by atoms with Crippen LogP contribution in [0.1, 0.15) is 16.2 Å². The molecule has 0 aliphatic carbocycles. The molecule has 1 amide bonds. The van der Waals surface area contributed by atoms with Gasteiger partial charge >= 0.3 is 0 Å². The standard InChI is InChI=1S/C27H25FN6O3S/c1-16-10-20(23-4-3-9-38-23)24(32(16)2)25(35)26(36)31-18-5-6-21-22(11-18)37-15-19-14-33(7-8-34(19)21)27-29-12-17(28)13-30-27/h3-6,9-13,19H,7-8,14-15H2,1-2H3,(H,31,36)/t19-/m1/s1. The van der Waals surface area contributed by atoms with Crippen LogP contribution in [0, 0.1) is 12.7 Å². The number of fused-ring (bicyclic) bond motifs is 3. The Bertz CT molecular complexity index is 1520. The van der Waals surface area contributed by atoms with Gasteiger partial charge in [0.2, 0.25) is 5.95 Å². The van der Waals surface area contributed by atoms with Gasteiger partial charge in [-0.3, -0.25) is 9.59 Å². The number of hydrogen-bond acceptors (Lipinski definition) is 8. The minimum Gasteiger partial charge on any atom is -0.489 e. The molecule has 2 aliphatic rings. The first-order valence-corrected chi connectivity index (χ1v) is 13.1. The lowest BCUT2D eigenvalue weighted by Crippen LogP contribution is -2.57. The van der Waals surface area contributed by atoms with Gasteiger partial charge in [0, 0.05) is 54.6 Å². The van der Waals surface area contributed by atoms with Crippen molar-refractivity contribution in [3.05, 3.63) is 71.4 Å². The summed E-state index contributed by atoms with van der Waals surface area (Å²) in [5.41, 5.74) is 3.42. The highest BCUT2D eigenvalue weighted by atomic mass is 32.1. The summed E-state index contributed by atoms with van der Waals surface area (Å²) in [6.45, 7) is 4.38. The van der Waals surface area contributed by atoms with Gasteiger partial charge in [-0.1, -0.05) is 6.07 Å². The van der Waals surface area contributed by atoms with Gasteiger partial charge in [-0.2, -0.15) is 0 Å². The molecule has 0 radical (unpaired) electrons. The maximum absolute atomic E-state index is 13.2. The number of benzene rings is 1. The van der Waals surface area contributed by atoms with Gasteiger partial charge in [-0.15, -0.1) is 11.3 Å². The summed E-state index contributed by atoms with van der Waals surface area (Å²) in [6.07, 6.45) is 2.34. The van der Waals surface area contributed by atoms with E-state index in [-0.39, 0.29) is 6.04 Å². The second-order valence-electron chi connectivity index (χ2n) is 9.36. The van der Waals surface area contributed by atoms with Crippen LogP contribution in [-0.2, 0) is 11.8 Å². The smallest absolute Gasteiger partial charge is 0.298 e. The van der Waals surface area contributed by atoms with Crippen molar-refractivity contribution in [1.82, 2.24) is 14.5 Å². The number of aromatic nitrogens is 3. The highest BCUT2D eigenvalue weighted by molar-refractivity contribution is 7.13. The fourth-order valence-electron chi connectivity index (χ4n) is 5.02. The van der Waals surface area contributed by atoms with Gasteiger partial charge in [0.25, 0.3) is 11.7 Å². The highest BCUT2D eigenvalue weighted by Crippen LogP contribution is 2.38. The predicted octanol–water partition coefficient (Wildman–Crippen LogP) is 3.90. The Balaban J connectivity index is 1.17. The minimum atomic E-state index is -0.703. The van der Waals surface area contributed by atoms with E-state index in [2.05, 4.69) is 20.2 Å². The van der Waals surface area contributed by atoms with Crippen molar-refractivity contribution in [2.24, 2.45) is 7.05 Å². The maximum atomic E-state index is 13.2. The van der Waals surface area contributed by atoms with Gasteiger partial charge in [0.05, 0.1) is 24.1 Å². The Morgan fingerprint density at radius 3 is 2.74 bits per heavy atom. The van der Waals surface area contributed by atoms with Crippen molar-refractivity contribution in [3.63, 3.8) is 0 Å². The number of thiophene rings is 1. The summed E-state index contributed by atoms with van der Waals surface area (Å²) in [4.78, 5) is 39.7. The molecule has 0 spiro atoms. The quantitative estimate of drug-likeness (QED) is 0.308. The van der Waals surface area contributed by atoms with E-state index in [4.69, 9.17) is 4.74 Å². The number of nitrogens with one attached hydrogen (secondary N) is 1. The van der Waals surface area contributed by atoms with E-state index in [1.54, 1.807) is 23.7 Å². The van der Waals surface area contributed by atoms with Crippen LogP contribution in [0.25, 0.3) is 10.4 Å². The molecule has 194 valence electrons. The average molecular weight is 533 g/mol. The minimum absolute atomic E-state index is 0.0724. The number of ether oxygens (including phenoxy) is 1. The van der Waals surface area contributed by atoms with Crippen molar-refractivity contribution in [3.8, 4) is 16.2 Å². The zero-order valence-electron chi connectivity index (χ0n) is 20.8. The molecule has 4 aromatic rings. The molecule has 2 aliphatic heterocycles. The number of nitrogens with zero attached hydrogens (tertiary/aromatic N) is 5. The summed E-state index contributed by atoms with van der Waals surface area (Å²) in [5, 5.41) is 4.70. The van der Waals surface area contributed by atoms with Crippen LogP contribution in [-0.4, -0.2) is 58.5 Å². The molecule has 9 nitrogen and oxygen atoms in total. The van der Waals surface area contributed by atoms with Crippen LogP contribution in [0.15, 0.2) is 54.2 Å². The predicted molar refractivity (Wildman–Crippen MR) is 144 cm³/mol. The fraction of sp³-hybridized carbons (Fsp3) is 0.259. The molecule has 0 bridgehead atoms. The SMILES string of the molecule is Cc1cc(-c2cccs2)c(C(=O)C(=O)Nc2ccc3c(c2)OC[C@H]2CN(c4ncc(F)cn4)CCN32)n1C. The van der Waals surface area contributed by atoms with Gasteiger partial charge < -0.3 is 24.4 Å². The van der Waals surface area contributed by atoms with Crippen LogP contribution < -0.4 is 19.9 Å².